The molecule has 3 rings (SSSR count). The van der Waals surface area contributed by atoms with Crippen molar-refractivity contribution in [3.8, 4) is 0 Å². The predicted octanol–water partition coefficient (Wildman–Crippen LogP) is 3.19. The Bertz CT molecular complexity index is 876. The average molecular weight is 388 g/mol. The number of benzene rings is 1. The van der Waals surface area contributed by atoms with Gasteiger partial charge in [0.1, 0.15) is 0 Å². The van der Waals surface area contributed by atoms with Crippen LogP contribution >= 0.6 is 11.8 Å². The molecule has 1 atom stereocenters. The van der Waals surface area contributed by atoms with Crippen LogP contribution in [0.15, 0.2) is 23.1 Å². The number of aromatic nitrogens is 2. The van der Waals surface area contributed by atoms with Crippen LogP contribution < -0.4 is 5.32 Å². The van der Waals surface area contributed by atoms with E-state index in [1.807, 2.05) is 27.0 Å². The standard InChI is InChI=1S/C20H25N3O3S/c1-12-19(13(2)23(4)22-12)21-20(25)14(3)26-18(24)11-27-17-9-8-15-6-5-7-16(15)10-17/h8-10,14H,5-7,11H2,1-4H3,(H,21,25)/t14-/m1/s1. The minimum atomic E-state index is -0.864. The largest absolute Gasteiger partial charge is 0.452 e. The highest BCUT2D eigenvalue weighted by molar-refractivity contribution is 8.00. The zero-order chi connectivity index (χ0) is 19.6. The molecule has 1 amide bonds. The van der Waals surface area contributed by atoms with Crippen LogP contribution in [0.25, 0.3) is 0 Å². The Labute approximate surface area is 163 Å². The summed E-state index contributed by atoms with van der Waals surface area (Å²) in [5.74, 6) is -0.575. The fourth-order valence-electron chi connectivity index (χ4n) is 3.24. The van der Waals surface area contributed by atoms with Gasteiger partial charge in [-0.1, -0.05) is 6.07 Å². The summed E-state index contributed by atoms with van der Waals surface area (Å²) in [4.78, 5) is 25.5. The van der Waals surface area contributed by atoms with Crippen LogP contribution in [-0.4, -0.2) is 33.5 Å². The number of anilines is 1. The first-order valence-corrected chi connectivity index (χ1v) is 10.1. The summed E-state index contributed by atoms with van der Waals surface area (Å²) in [6, 6.07) is 6.35. The molecule has 1 heterocycles. The maximum Gasteiger partial charge on any atom is 0.317 e. The molecule has 0 spiro atoms. The van der Waals surface area contributed by atoms with Gasteiger partial charge in [0.15, 0.2) is 6.10 Å². The lowest BCUT2D eigenvalue weighted by molar-refractivity contribution is -0.150. The molecule has 0 bridgehead atoms. The second-order valence-corrected chi connectivity index (χ2v) is 7.91. The van der Waals surface area contributed by atoms with Gasteiger partial charge < -0.3 is 10.1 Å². The minimum absolute atomic E-state index is 0.182. The molecule has 7 heteroatoms. The van der Waals surface area contributed by atoms with Gasteiger partial charge in [0.25, 0.3) is 5.91 Å². The van der Waals surface area contributed by atoms with E-state index in [-0.39, 0.29) is 11.7 Å². The van der Waals surface area contributed by atoms with Crippen molar-refractivity contribution in [3.63, 3.8) is 0 Å². The second kappa shape index (κ2) is 8.17. The first-order valence-electron chi connectivity index (χ1n) is 9.10. The third-order valence-corrected chi connectivity index (χ3v) is 5.83. The number of ether oxygens (including phenoxy) is 1. The molecule has 0 saturated heterocycles. The molecule has 1 aliphatic carbocycles. The van der Waals surface area contributed by atoms with E-state index in [1.165, 1.54) is 29.3 Å². The van der Waals surface area contributed by atoms with Crippen LogP contribution in [0.5, 0.6) is 0 Å². The second-order valence-electron chi connectivity index (χ2n) is 6.86. The normalized spacial score (nSPS) is 13.9. The lowest BCUT2D eigenvalue weighted by atomic mass is 10.1. The van der Waals surface area contributed by atoms with Gasteiger partial charge in [-0.15, -0.1) is 11.8 Å². The summed E-state index contributed by atoms with van der Waals surface area (Å²) in [6.45, 7) is 5.28. The number of fused-ring (bicyclic) bond motifs is 1. The molecule has 27 heavy (non-hydrogen) atoms. The van der Waals surface area contributed by atoms with Crippen molar-refractivity contribution in [2.75, 3.05) is 11.1 Å². The maximum absolute atomic E-state index is 12.3. The number of thioether (sulfide) groups is 1. The van der Waals surface area contributed by atoms with Gasteiger partial charge in [-0.25, -0.2) is 0 Å². The minimum Gasteiger partial charge on any atom is -0.452 e. The SMILES string of the molecule is Cc1nn(C)c(C)c1NC(=O)[C@@H](C)OC(=O)CSc1ccc2c(c1)CCC2. The van der Waals surface area contributed by atoms with Gasteiger partial charge in [-0.05, 0) is 63.3 Å². The molecule has 0 unspecified atom stereocenters. The Morgan fingerprint density at radius 1 is 1.30 bits per heavy atom. The van der Waals surface area contributed by atoms with Crippen molar-refractivity contribution >= 4 is 29.3 Å². The van der Waals surface area contributed by atoms with Crippen molar-refractivity contribution in [2.45, 2.75) is 51.0 Å². The quantitative estimate of drug-likeness (QED) is 0.609. The Morgan fingerprint density at radius 3 is 2.74 bits per heavy atom. The van der Waals surface area contributed by atoms with Gasteiger partial charge in [0, 0.05) is 11.9 Å². The predicted molar refractivity (Wildman–Crippen MR) is 106 cm³/mol. The fourth-order valence-corrected chi connectivity index (χ4v) is 3.99. The molecular formula is C20H25N3O3S. The molecule has 1 aliphatic rings. The molecule has 2 aromatic rings. The van der Waals surface area contributed by atoms with Crippen molar-refractivity contribution in [1.29, 1.82) is 0 Å². The maximum atomic E-state index is 12.3. The first-order chi connectivity index (χ1) is 12.8. The highest BCUT2D eigenvalue weighted by Crippen LogP contribution is 2.27. The van der Waals surface area contributed by atoms with E-state index in [0.717, 1.165) is 29.1 Å². The summed E-state index contributed by atoms with van der Waals surface area (Å²) in [7, 11) is 1.82. The Hall–Kier alpha value is -2.28. The first kappa shape index (κ1) is 19.5. The number of esters is 1. The monoisotopic (exact) mass is 387 g/mol. The molecule has 0 saturated carbocycles. The number of nitrogens with one attached hydrogen (secondary N) is 1. The van der Waals surface area contributed by atoms with Crippen LogP contribution in [0.4, 0.5) is 5.69 Å². The molecule has 144 valence electrons. The number of rotatable bonds is 6. The van der Waals surface area contributed by atoms with Gasteiger partial charge in [-0.3, -0.25) is 14.3 Å². The van der Waals surface area contributed by atoms with Crippen molar-refractivity contribution in [1.82, 2.24) is 9.78 Å². The van der Waals surface area contributed by atoms with Crippen LogP contribution in [-0.2, 0) is 34.2 Å². The molecule has 1 aromatic heterocycles. The summed E-state index contributed by atoms with van der Waals surface area (Å²) in [5, 5.41) is 7.06. The van der Waals surface area contributed by atoms with Gasteiger partial charge in [-0.2, -0.15) is 5.10 Å². The van der Waals surface area contributed by atoms with E-state index in [1.54, 1.807) is 11.6 Å². The molecule has 0 aliphatic heterocycles. The third kappa shape index (κ3) is 4.53. The highest BCUT2D eigenvalue weighted by atomic mass is 32.2. The summed E-state index contributed by atoms with van der Waals surface area (Å²) >= 11 is 1.44. The number of carbonyl (C=O) groups is 2. The molecule has 0 fully saturated rings. The Kier molecular flexibility index (Phi) is 5.89. The van der Waals surface area contributed by atoms with E-state index in [4.69, 9.17) is 4.74 Å². The van der Waals surface area contributed by atoms with Crippen LogP contribution in [0, 0.1) is 13.8 Å². The number of carbonyl (C=O) groups excluding carboxylic acids is 2. The van der Waals surface area contributed by atoms with Crippen molar-refractivity contribution in [3.05, 3.63) is 40.7 Å². The molecule has 6 nitrogen and oxygen atoms in total. The van der Waals surface area contributed by atoms with E-state index in [2.05, 4.69) is 22.5 Å². The van der Waals surface area contributed by atoms with E-state index < -0.39 is 12.1 Å². The van der Waals surface area contributed by atoms with Crippen LogP contribution in [0.2, 0.25) is 0 Å². The summed E-state index contributed by atoms with van der Waals surface area (Å²) in [5.41, 5.74) is 5.04. The van der Waals surface area contributed by atoms with Gasteiger partial charge in [0.05, 0.1) is 22.8 Å². The Balaban J connectivity index is 1.50. The summed E-state index contributed by atoms with van der Waals surface area (Å²) in [6.07, 6.45) is 2.59. The number of amides is 1. The number of nitrogens with zero attached hydrogens (tertiary/aromatic N) is 2. The van der Waals surface area contributed by atoms with Crippen molar-refractivity contribution < 1.29 is 14.3 Å². The van der Waals surface area contributed by atoms with Gasteiger partial charge >= 0.3 is 5.97 Å². The topological polar surface area (TPSA) is 73.2 Å². The zero-order valence-electron chi connectivity index (χ0n) is 16.2. The van der Waals surface area contributed by atoms with E-state index in [9.17, 15) is 9.59 Å². The Morgan fingerprint density at radius 2 is 2.04 bits per heavy atom. The molecular weight excluding hydrogens is 362 g/mol. The van der Waals surface area contributed by atoms with Crippen molar-refractivity contribution in [2.24, 2.45) is 7.05 Å². The third-order valence-electron chi connectivity index (χ3n) is 4.86. The van der Waals surface area contributed by atoms with Crippen LogP contribution in [0.3, 0.4) is 0 Å². The fraction of sp³-hybridized carbons (Fsp3) is 0.450. The smallest absolute Gasteiger partial charge is 0.317 e. The highest BCUT2D eigenvalue weighted by Gasteiger charge is 2.21. The lowest BCUT2D eigenvalue weighted by Gasteiger charge is -2.14. The molecule has 0 radical (unpaired) electrons. The lowest BCUT2D eigenvalue weighted by Crippen LogP contribution is -2.30. The zero-order valence-corrected chi connectivity index (χ0v) is 17.0. The number of aryl methyl sites for hydroxylation is 4. The molecule has 1 N–H and O–H groups in total. The summed E-state index contributed by atoms with van der Waals surface area (Å²) < 4.78 is 6.99. The average Bonchev–Trinajstić information content (AvgIpc) is 3.19. The van der Waals surface area contributed by atoms with Gasteiger partial charge in [0.2, 0.25) is 0 Å². The number of hydrogen-bond acceptors (Lipinski definition) is 5. The van der Waals surface area contributed by atoms with E-state index >= 15 is 0 Å². The van der Waals surface area contributed by atoms with Crippen LogP contribution in [0.1, 0.15) is 35.9 Å². The number of hydrogen-bond donors (Lipinski definition) is 1. The molecule has 1 aromatic carbocycles. The van der Waals surface area contributed by atoms with E-state index in [0.29, 0.717) is 5.69 Å².